The van der Waals surface area contributed by atoms with Crippen molar-refractivity contribution in [2.24, 2.45) is 45.2 Å². The van der Waals surface area contributed by atoms with Crippen LogP contribution in [0.2, 0.25) is 0 Å². The fourth-order valence-corrected chi connectivity index (χ4v) is 10.2. The topological polar surface area (TPSA) is 202 Å². The summed E-state index contributed by atoms with van der Waals surface area (Å²) in [4.78, 5) is 71.6. The molecule has 1 N–H and O–H groups in total. The second-order valence-electron chi connectivity index (χ2n) is 18.8. The second-order valence-corrected chi connectivity index (χ2v) is 18.8. The van der Waals surface area contributed by atoms with Crippen molar-refractivity contribution in [3.63, 3.8) is 0 Å². The van der Waals surface area contributed by atoms with Crippen molar-refractivity contribution in [3.05, 3.63) is 36.3 Å². The minimum absolute atomic E-state index is 0.0756. The van der Waals surface area contributed by atoms with E-state index in [2.05, 4.69) is 15.1 Å². The standard InChI is InChI=1S/C47H69N5O11/c1-13-39-47(10,57)36-17-16-34(51-58-25-35-15-14-33(24-48-35)38-19-21-49-63-38)18-20-46(9,23-26(2)40(28(36)4)50-31(7)53)43(29(5)41(55)30(6)44(56)61-39)62-45-42(60-32(8)54)37(52(11)12)22-27(3)59-45/h14-15,19,21,24,26-30,36-37,39,42-43,45,57H,13,16-18,20,22-23,25H2,1-12H3/b50-40?,51-34+/t26-,27-,28-,29+,30-,36-,37+,39-,42-,43-,45+,46-,47+/m1/s1. The van der Waals surface area contributed by atoms with Gasteiger partial charge in [0, 0.05) is 49.2 Å². The number of ether oxygens (including phenoxy) is 4. The molecule has 2 bridgehead atoms. The number of carbonyl (C=O) groups excluding carboxylic acids is 4. The molecule has 4 heterocycles. The number of aliphatic hydroxyl groups is 1. The number of aliphatic imine (C=N–C) groups is 1. The maximum Gasteiger partial charge on any atom is 0.316 e. The molecule has 348 valence electrons. The van der Waals surface area contributed by atoms with E-state index in [1.165, 1.54) is 20.8 Å². The number of oxime groups is 1. The Morgan fingerprint density at radius 3 is 2.37 bits per heavy atom. The van der Waals surface area contributed by atoms with Gasteiger partial charge in [0.1, 0.15) is 17.6 Å². The Balaban J connectivity index is 1.66. The molecule has 0 aromatic carbocycles. The molecule has 0 unspecified atom stereocenters. The molecule has 63 heavy (non-hydrogen) atoms. The van der Waals surface area contributed by atoms with Crippen LogP contribution in [-0.4, -0.2) is 112 Å². The molecule has 1 saturated carbocycles. The lowest BCUT2D eigenvalue weighted by Gasteiger charge is -2.48. The van der Waals surface area contributed by atoms with Crippen molar-refractivity contribution in [3.8, 4) is 11.3 Å². The van der Waals surface area contributed by atoms with Crippen molar-refractivity contribution in [2.75, 3.05) is 14.1 Å². The van der Waals surface area contributed by atoms with Gasteiger partial charge in [-0.25, -0.2) is 4.99 Å². The highest BCUT2D eigenvalue weighted by Crippen LogP contribution is 2.47. The van der Waals surface area contributed by atoms with Crippen LogP contribution in [0.1, 0.15) is 120 Å². The third kappa shape index (κ3) is 11.9. The van der Waals surface area contributed by atoms with E-state index in [4.69, 9.17) is 33.5 Å². The normalized spacial score (nSPS) is 36.3. The van der Waals surface area contributed by atoms with Gasteiger partial charge in [-0.05, 0) is 109 Å². The summed E-state index contributed by atoms with van der Waals surface area (Å²) in [5.41, 5.74) is 0.179. The summed E-state index contributed by atoms with van der Waals surface area (Å²) in [5.74, 6) is -5.00. The van der Waals surface area contributed by atoms with E-state index in [1.54, 1.807) is 32.3 Å². The van der Waals surface area contributed by atoms with Gasteiger partial charge in [0.05, 0.1) is 35.9 Å². The Labute approximate surface area is 371 Å². The van der Waals surface area contributed by atoms with Crippen LogP contribution < -0.4 is 0 Å². The monoisotopic (exact) mass is 879 g/mol. The van der Waals surface area contributed by atoms with Crippen LogP contribution in [-0.2, 0) is 49.6 Å². The van der Waals surface area contributed by atoms with E-state index >= 15 is 0 Å². The zero-order chi connectivity index (χ0) is 46.4. The van der Waals surface area contributed by atoms with Crippen molar-refractivity contribution in [1.82, 2.24) is 15.0 Å². The minimum atomic E-state index is -1.62. The molecule has 1 aliphatic carbocycles. The average molecular weight is 880 g/mol. The van der Waals surface area contributed by atoms with Gasteiger partial charge < -0.3 is 38.3 Å². The van der Waals surface area contributed by atoms with Gasteiger partial charge in [0.25, 0.3) is 0 Å². The number of cyclic esters (lactones) is 1. The van der Waals surface area contributed by atoms with Crippen molar-refractivity contribution >= 4 is 35.1 Å². The van der Waals surface area contributed by atoms with Crippen LogP contribution in [0.15, 0.2) is 45.3 Å². The lowest BCUT2D eigenvalue weighted by atomic mass is 9.65. The van der Waals surface area contributed by atoms with Crippen LogP contribution >= 0.6 is 0 Å². The molecule has 2 aromatic rings. The quantitative estimate of drug-likeness (QED) is 0.157. The maximum atomic E-state index is 14.7. The predicted molar refractivity (Wildman–Crippen MR) is 234 cm³/mol. The summed E-state index contributed by atoms with van der Waals surface area (Å²) in [6.45, 7) is 17.5. The number of esters is 2. The maximum absolute atomic E-state index is 14.7. The number of pyridine rings is 1. The smallest absolute Gasteiger partial charge is 0.316 e. The molecule has 0 spiro atoms. The van der Waals surface area contributed by atoms with E-state index in [-0.39, 0.29) is 37.0 Å². The first-order valence-corrected chi connectivity index (χ1v) is 22.4. The Hall–Kier alpha value is -4.38. The number of aromatic nitrogens is 2. The van der Waals surface area contributed by atoms with E-state index < -0.39 is 77.0 Å². The molecule has 3 fully saturated rings. The highest BCUT2D eigenvalue weighted by molar-refractivity contribution is 6.00. The highest BCUT2D eigenvalue weighted by Gasteiger charge is 2.52. The molecule has 2 aliphatic heterocycles. The summed E-state index contributed by atoms with van der Waals surface area (Å²) in [6.07, 6.45) is 1.88. The number of rotatable bonds is 9. The molecule has 2 aromatic heterocycles. The fourth-order valence-electron chi connectivity index (χ4n) is 10.2. The number of carbonyl (C=O) groups is 4. The molecule has 0 radical (unpaired) electrons. The van der Waals surface area contributed by atoms with Crippen LogP contribution in [0.25, 0.3) is 11.3 Å². The number of ketones is 1. The molecule has 3 aliphatic rings. The summed E-state index contributed by atoms with van der Waals surface area (Å²) in [6, 6.07) is 5.17. The molecule has 2 saturated heterocycles. The summed E-state index contributed by atoms with van der Waals surface area (Å²) >= 11 is 0. The van der Waals surface area contributed by atoms with Gasteiger partial charge >= 0.3 is 11.9 Å². The third-order valence-electron chi connectivity index (χ3n) is 13.6. The SMILES string of the molecule is CC[C@H]1OC(=O)[C@H](C)C(=O)[C@H](C)[C@@H](O[C@@H]2O[C@H](C)C[C@H](N(C)C)[C@H]2OC(C)=O)[C@]2(C)CC/C(=N/OCc3ccc(-c4ccno4)cn3)CC[C@H]([C@@H](C)C(=NC(C)=O)[C@H](C)C2)[C@]1(C)O. The van der Waals surface area contributed by atoms with Gasteiger partial charge in [-0.1, -0.05) is 44.9 Å². The Kier molecular flexibility index (Phi) is 16.6. The van der Waals surface area contributed by atoms with Gasteiger partial charge in [-0.15, -0.1) is 0 Å². The lowest BCUT2D eigenvalue weighted by Crippen LogP contribution is -2.58. The first-order valence-electron chi connectivity index (χ1n) is 22.4. The molecular formula is C47H69N5O11. The van der Waals surface area contributed by atoms with Crippen LogP contribution in [0.3, 0.4) is 0 Å². The van der Waals surface area contributed by atoms with E-state index in [0.717, 1.165) is 5.56 Å². The number of hydrogen-bond donors (Lipinski definition) is 1. The zero-order valence-electron chi connectivity index (χ0n) is 39.2. The summed E-state index contributed by atoms with van der Waals surface area (Å²) in [7, 11) is 3.81. The zero-order valence-corrected chi connectivity index (χ0v) is 39.2. The number of nitrogens with zero attached hydrogens (tertiary/aromatic N) is 5. The minimum Gasteiger partial charge on any atom is -0.459 e. The van der Waals surface area contributed by atoms with Crippen molar-refractivity contribution < 1.29 is 52.6 Å². The van der Waals surface area contributed by atoms with Gasteiger partial charge in [0.2, 0.25) is 5.91 Å². The van der Waals surface area contributed by atoms with Crippen LogP contribution in [0, 0.1) is 35.0 Å². The van der Waals surface area contributed by atoms with Gasteiger partial charge in [-0.2, -0.15) is 0 Å². The van der Waals surface area contributed by atoms with Gasteiger partial charge in [0.15, 0.2) is 30.5 Å². The van der Waals surface area contributed by atoms with Crippen molar-refractivity contribution in [1.29, 1.82) is 0 Å². The second kappa shape index (κ2) is 21.1. The average Bonchev–Trinajstić information content (AvgIpc) is 3.76. The molecule has 1 amide bonds. The first kappa shape index (κ1) is 49.6. The summed E-state index contributed by atoms with van der Waals surface area (Å²) < 4.78 is 30.9. The largest absolute Gasteiger partial charge is 0.459 e. The molecule has 16 nitrogen and oxygen atoms in total. The Bertz CT molecular complexity index is 1950. The number of likely N-dealkylation sites (N-methyl/N-ethyl adjacent to an activating group) is 1. The lowest BCUT2D eigenvalue weighted by molar-refractivity contribution is -0.290. The van der Waals surface area contributed by atoms with E-state index in [9.17, 15) is 24.3 Å². The molecule has 16 heteroatoms. The molecule has 5 rings (SSSR count). The van der Waals surface area contributed by atoms with E-state index in [1.807, 2.05) is 65.7 Å². The molecular weight excluding hydrogens is 811 g/mol. The third-order valence-corrected chi connectivity index (χ3v) is 13.6. The summed E-state index contributed by atoms with van der Waals surface area (Å²) in [5, 5.41) is 21.1. The van der Waals surface area contributed by atoms with Crippen molar-refractivity contribution in [2.45, 2.75) is 163 Å². The highest BCUT2D eigenvalue weighted by atomic mass is 16.7. The van der Waals surface area contributed by atoms with E-state index in [0.29, 0.717) is 61.4 Å². The predicted octanol–water partition coefficient (Wildman–Crippen LogP) is 6.77. The number of hydrogen-bond acceptors (Lipinski definition) is 15. The fraction of sp³-hybridized carbons (Fsp3) is 0.702. The number of amides is 1. The first-order chi connectivity index (χ1) is 29.7. The number of Topliss-reactive ketones (excluding diaryl/α,β-unsaturated/α-hetero) is 1. The van der Waals surface area contributed by atoms with Crippen LogP contribution in [0.4, 0.5) is 0 Å². The molecule has 13 atom stereocenters. The number of fused-ring (bicyclic) bond motifs is 5. The Morgan fingerprint density at radius 1 is 1.03 bits per heavy atom. The van der Waals surface area contributed by atoms with Gasteiger partial charge in [-0.3, -0.25) is 24.2 Å². The Morgan fingerprint density at radius 2 is 1.76 bits per heavy atom. The van der Waals surface area contributed by atoms with Crippen LogP contribution in [0.5, 0.6) is 0 Å².